The number of hydrogen-bond donors (Lipinski definition) is 3. The molecule has 0 aromatic heterocycles. The summed E-state index contributed by atoms with van der Waals surface area (Å²) in [5.74, 6) is 0.365. The molecule has 4 nitrogen and oxygen atoms in total. The Bertz CT molecular complexity index is 919. The molecule has 192 valence electrons. The van der Waals surface area contributed by atoms with Crippen LogP contribution in [-0.2, 0) is 4.79 Å². The van der Waals surface area contributed by atoms with Crippen molar-refractivity contribution >= 4 is 5.97 Å². The van der Waals surface area contributed by atoms with Gasteiger partial charge in [-0.15, -0.1) is 0 Å². The fraction of sp³-hybridized carbons (Fsp3) is 0.900. The second kappa shape index (κ2) is 7.12. The van der Waals surface area contributed by atoms with Crippen LogP contribution in [0.1, 0.15) is 106 Å². The monoisotopic (exact) mass is 472 g/mol. The van der Waals surface area contributed by atoms with E-state index in [0.29, 0.717) is 18.3 Å². The number of aliphatic hydroxyl groups is 2. The van der Waals surface area contributed by atoms with Gasteiger partial charge < -0.3 is 15.3 Å². The first kappa shape index (κ1) is 24.8. The molecule has 4 saturated carbocycles. The molecular formula is C30H48O4. The van der Waals surface area contributed by atoms with E-state index in [4.69, 9.17) is 0 Å². The first-order chi connectivity index (χ1) is 15.6. The fourth-order valence-corrected chi connectivity index (χ4v) is 10.8. The van der Waals surface area contributed by atoms with Crippen LogP contribution in [0.2, 0.25) is 0 Å². The number of hydrogen-bond acceptors (Lipinski definition) is 3. The van der Waals surface area contributed by atoms with E-state index in [1.165, 1.54) is 5.57 Å². The van der Waals surface area contributed by atoms with Crippen molar-refractivity contribution < 1.29 is 20.1 Å². The van der Waals surface area contributed by atoms with Gasteiger partial charge in [0.05, 0.1) is 17.6 Å². The summed E-state index contributed by atoms with van der Waals surface area (Å²) in [5.41, 5.74) is 0.754. The maximum Gasteiger partial charge on any atom is 0.310 e. The van der Waals surface area contributed by atoms with Gasteiger partial charge in [-0.25, -0.2) is 0 Å². The largest absolute Gasteiger partial charge is 0.481 e. The van der Waals surface area contributed by atoms with Gasteiger partial charge in [-0.05, 0) is 103 Å². The van der Waals surface area contributed by atoms with Gasteiger partial charge >= 0.3 is 5.97 Å². The number of carboxylic acids is 1. The van der Waals surface area contributed by atoms with Gasteiger partial charge in [0, 0.05) is 0 Å². The van der Waals surface area contributed by atoms with E-state index in [2.05, 4.69) is 54.5 Å². The van der Waals surface area contributed by atoms with Crippen molar-refractivity contribution in [1.29, 1.82) is 0 Å². The summed E-state index contributed by atoms with van der Waals surface area (Å²) in [4.78, 5) is 12.8. The number of rotatable bonds is 1. The molecular weight excluding hydrogens is 424 g/mol. The third-order valence-electron chi connectivity index (χ3n) is 13.0. The summed E-state index contributed by atoms with van der Waals surface area (Å²) in [5, 5.41) is 32.4. The lowest BCUT2D eigenvalue weighted by atomic mass is 9.33. The van der Waals surface area contributed by atoms with Crippen molar-refractivity contribution in [1.82, 2.24) is 0 Å². The minimum Gasteiger partial charge on any atom is -0.481 e. The standard InChI is InChI=1S/C30H48O4/c1-25(2)12-14-30(24(33)34)15-13-28(6)18(19(30)16-25)8-9-22-27(5)17-20(31)23(32)26(3,4)21(27)10-11-29(22,28)7/h8,19-23,31-32H,9-17H2,1-7H3,(H,33,34)/t19?,20-,21+,22-,23+,27+,28-,29-,30+/m1/s1. The van der Waals surface area contributed by atoms with Gasteiger partial charge in [-0.3, -0.25) is 4.79 Å². The lowest BCUT2D eigenvalue weighted by molar-refractivity contribution is -0.231. The smallest absolute Gasteiger partial charge is 0.310 e. The zero-order valence-electron chi connectivity index (χ0n) is 22.6. The lowest BCUT2D eigenvalue weighted by Crippen LogP contribution is -2.67. The molecule has 0 aliphatic heterocycles. The summed E-state index contributed by atoms with van der Waals surface area (Å²) >= 11 is 0. The highest BCUT2D eigenvalue weighted by Crippen LogP contribution is 2.75. The van der Waals surface area contributed by atoms with E-state index in [1.807, 2.05) is 0 Å². The van der Waals surface area contributed by atoms with E-state index in [0.717, 1.165) is 51.4 Å². The topological polar surface area (TPSA) is 77.8 Å². The molecule has 0 aromatic carbocycles. The van der Waals surface area contributed by atoms with Crippen LogP contribution in [0.4, 0.5) is 0 Å². The Morgan fingerprint density at radius 2 is 1.53 bits per heavy atom. The Labute approximate surface area is 206 Å². The molecule has 0 amide bonds. The van der Waals surface area contributed by atoms with E-state index in [-0.39, 0.29) is 33.0 Å². The highest BCUT2D eigenvalue weighted by molar-refractivity contribution is 5.76. The van der Waals surface area contributed by atoms with Crippen LogP contribution in [0.25, 0.3) is 0 Å². The summed E-state index contributed by atoms with van der Waals surface area (Å²) in [7, 11) is 0. The molecule has 0 spiro atoms. The molecule has 5 aliphatic carbocycles. The van der Waals surface area contributed by atoms with Gasteiger partial charge in [0.2, 0.25) is 0 Å². The van der Waals surface area contributed by atoms with Crippen LogP contribution < -0.4 is 0 Å². The van der Waals surface area contributed by atoms with E-state index in [1.54, 1.807) is 0 Å². The van der Waals surface area contributed by atoms with Crippen molar-refractivity contribution in [3.63, 3.8) is 0 Å². The highest BCUT2D eigenvalue weighted by atomic mass is 16.4. The quantitative estimate of drug-likeness (QED) is 0.397. The summed E-state index contributed by atoms with van der Waals surface area (Å²) < 4.78 is 0. The molecule has 5 aliphatic rings. The fourth-order valence-electron chi connectivity index (χ4n) is 10.8. The third-order valence-corrected chi connectivity index (χ3v) is 13.0. The second-order valence-electron chi connectivity index (χ2n) is 15.2. The molecule has 0 heterocycles. The van der Waals surface area contributed by atoms with Crippen molar-refractivity contribution in [2.45, 2.75) is 118 Å². The Balaban J connectivity index is 1.61. The molecule has 4 fully saturated rings. The predicted molar refractivity (Wildman–Crippen MR) is 134 cm³/mol. The van der Waals surface area contributed by atoms with Crippen molar-refractivity contribution in [3.8, 4) is 0 Å². The maximum atomic E-state index is 12.8. The molecule has 0 bridgehead atoms. The van der Waals surface area contributed by atoms with Crippen LogP contribution in [-0.4, -0.2) is 33.5 Å². The summed E-state index contributed by atoms with van der Waals surface area (Å²) in [6, 6.07) is 0. The van der Waals surface area contributed by atoms with Gasteiger partial charge in [0.15, 0.2) is 0 Å². The minimum atomic E-state index is -0.679. The van der Waals surface area contributed by atoms with E-state index < -0.39 is 23.6 Å². The number of allylic oxidation sites excluding steroid dienone is 2. The van der Waals surface area contributed by atoms with E-state index in [9.17, 15) is 20.1 Å². The van der Waals surface area contributed by atoms with Gasteiger partial charge in [0.25, 0.3) is 0 Å². The number of aliphatic carboxylic acids is 1. The zero-order chi connectivity index (χ0) is 25.1. The Kier molecular flexibility index (Phi) is 5.20. The van der Waals surface area contributed by atoms with Crippen molar-refractivity contribution in [3.05, 3.63) is 11.6 Å². The Morgan fingerprint density at radius 3 is 2.18 bits per heavy atom. The molecule has 0 radical (unpaired) electrons. The van der Waals surface area contributed by atoms with Gasteiger partial charge in [-0.2, -0.15) is 0 Å². The maximum absolute atomic E-state index is 12.8. The minimum absolute atomic E-state index is 0.00785. The first-order valence-electron chi connectivity index (χ1n) is 13.9. The Hall–Kier alpha value is -0.870. The van der Waals surface area contributed by atoms with Gasteiger partial charge in [0.1, 0.15) is 0 Å². The SMILES string of the molecule is CC1(C)CC[C@]2(C(=O)O)CC[C@]3(C)C(=CC[C@@H]4[C@@]5(C)C[C@@H](O)[C@H](O)C(C)(C)[C@@H]5CC[C@]43C)C2C1. The highest BCUT2D eigenvalue weighted by Gasteiger charge is 2.70. The molecule has 1 unspecified atom stereocenters. The first-order valence-corrected chi connectivity index (χ1v) is 13.9. The zero-order valence-corrected chi connectivity index (χ0v) is 22.6. The lowest BCUT2D eigenvalue weighted by Gasteiger charge is -2.71. The van der Waals surface area contributed by atoms with Crippen LogP contribution in [0.5, 0.6) is 0 Å². The van der Waals surface area contributed by atoms with E-state index >= 15 is 0 Å². The third kappa shape index (κ3) is 2.88. The average Bonchev–Trinajstić information content (AvgIpc) is 2.72. The van der Waals surface area contributed by atoms with Crippen molar-refractivity contribution in [2.24, 2.45) is 50.2 Å². The Morgan fingerprint density at radius 1 is 0.882 bits per heavy atom. The molecule has 5 rings (SSSR count). The number of carboxylic acid groups (broad SMARTS) is 1. The summed E-state index contributed by atoms with van der Waals surface area (Å²) in [6.45, 7) is 16.3. The number of carbonyl (C=O) groups is 1. The predicted octanol–water partition coefficient (Wildman–Crippen LogP) is 6.20. The van der Waals surface area contributed by atoms with Crippen LogP contribution in [0.15, 0.2) is 11.6 Å². The second-order valence-corrected chi connectivity index (χ2v) is 15.2. The van der Waals surface area contributed by atoms with Crippen LogP contribution in [0, 0.1) is 50.2 Å². The molecule has 3 N–H and O–H groups in total. The molecule has 34 heavy (non-hydrogen) atoms. The average molecular weight is 473 g/mol. The summed E-state index contributed by atoms with van der Waals surface area (Å²) in [6.07, 6.45) is 9.45. The normalized spacial score (nSPS) is 53.4. The van der Waals surface area contributed by atoms with Crippen molar-refractivity contribution in [2.75, 3.05) is 0 Å². The van der Waals surface area contributed by atoms with Crippen LogP contribution in [0.3, 0.4) is 0 Å². The number of fused-ring (bicyclic) bond motifs is 7. The molecule has 4 heteroatoms. The molecule has 0 saturated heterocycles. The van der Waals surface area contributed by atoms with Crippen LogP contribution >= 0.6 is 0 Å². The molecule has 0 aromatic rings. The van der Waals surface area contributed by atoms with Gasteiger partial charge in [-0.1, -0.05) is 60.1 Å². The number of aliphatic hydroxyl groups excluding tert-OH is 2. The molecule has 9 atom stereocenters.